The molecule has 0 saturated heterocycles. The highest BCUT2D eigenvalue weighted by Gasteiger charge is 2.20. The summed E-state index contributed by atoms with van der Waals surface area (Å²) in [5, 5.41) is 13.2. The van der Waals surface area contributed by atoms with E-state index in [9.17, 15) is 8.78 Å². The van der Waals surface area contributed by atoms with E-state index in [-0.39, 0.29) is 11.6 Å². The molecule has 13 aromatic rings. The van der Waals surface area contributed by atoms with Crippen molar-refractivity contribution in [2.45, 2.75) is 0 Å². The first-order chi connectivity index (χ1) is 34.5. The number of hydrogen-bond donors (Lipinski definition) is 0. The normalized spacial score (nSPS) is 11.6. The smallest absolute Gasteiger partial charge is 0.123 e. The largest absolute Gasteiger partial charge is 0.310 e. The number of hydrogen-bond acceptors (Lipinski definition) is 2. The number of para-hydroxylation sites is 4. The molecule has 4 heteroatoms. The van der Waals surface area contributed by atoms with Gasteiger partial charge < -0.3 is 9.80 Å². The van der Waals surface area contributed by atoms with E-state index in [2.05, 4.69) is 192 Å². The molecule has 13 aromatic carbocycles. The van der Waals surface area contributed by atoms with E-state index in [0.717, 1.165) is 121 Å². The van der Waals surface area contributed by atoms with Crippen LogP contribution in [-0.4, -0.2) is 0 Å². The Morgan fingerprint density at radius 3 is 0.814 bits per heavy atom. The third-order valence-electron chi connectivity index (χ3n) is 13.8. The van der Waals surface area contributed by atoms with Crippen LogP contribution in [0.15, 0.2) is 255 Å². The van der Waals surface area contributed by atoms with Crippen LogP contribution in [0.25, 0.3) is 86.9 Å². The van der Waals surface area contributed by atoms with Gasteiger partial charge in [0.15, 0.2) is 0 Å². The molecule has 330 valence electrons. The van der Waals surface area contributed by atoms with Gasteiger partial charge in [0.1, 0.15) is 11.6 Å². The number of benzene rings is 13. The zero-order valence-electron chi connectivity index (χ0n) is 37.9. The van der Waals surface area contributed by atoms with E-state index < -0.39 is 0 Å². The summed E-state index contributed by atoms with van der Waals surface area (Å²) < 4.78 is 29.8. The number of halogens is 2. The van der Waals surface area contributed by atoms with E-state index in [1.807, 2.05) is 36.4 Å². The Kier molecular flexibility index (Phi) is 9.91. The highest BCUT2D eigenvalue weighted by atomic mass is 19.1. The Morgan fingerprint density at radius 2 is 0.471 bits per heavy atom. The molecule has 0 atom stereocenters. The lowest BCUT2D eigenvalue weighted by Gasteiger charge is -2.26. The van der Waals surface area contributed by atoms with Crippen molar-refractivity contribution in [3.8, 4) is 22.3 Å². The second-order valence-electron chi connectivity index (χ2n) is 18.0. The number of rotatable bonds is 8. The van der Waals surface area contributed by atoms with Gasteiger partial charge in [-0.15, -0.1) is 0 Å². The topological polar surface area (TPSA) is 6.48 Å². The zero-order chi connectivity index (χ0) is 46.7. The van der Waals surface area contributed by atoms with Crippen molar-refractivity contribution in [3.05, 3.63) is 266 Å². The lowest BCUT2D eigenvalue weighted by atomic mass is 9.86. The molecule has 0 aliphatic carbocycles. The van der Waals surface area contributed by atoms with Crippen LogP contribution in [-0.2, 0) is 0 Å². The van der Waals surface area contributed by atoms with E-state index >= 15 is 0 Å². The number of fused-ring (bicyclic) bond motifs is 12. The summed E-state index contributed by atoms with van der Waals surface area (Å²) in [4.78, 5) is 4.60. The van der Waals surface area contributed by atoms with Gasteiger partial charge in [-0.05, 0) is 208 Å². The number of anilines is 6. The average Bonchev–Trinajstić information content (AvgIpc) is 3.41. The molecule has 0 aliphatic heterocycles. The summed E-state index contributed by atoms with van der Waals surface area (Å²) >= 11 is 0. The van der Waals surface area contributed by atoms with E-state index in [1.54, 1.807) is 24.3 Å². The van der Waals surface area contributed by atoms with Crippen LogP contribution in [0.4, 0.5) is 42.9 Å². The van der Waals surface area contributed by atoms with Crippen molar-refractivity contribution < 1.29 is 8.78 Å². The molecule has 0 heterocycles. The molecule has 0 amide bonds. The molecule has 13 rings (SSSR count). The van der Waals surface area contributed by atoms with Gasteiger partial charge in [-0.2, -0.15) is 0 Å². The molecule has 70 heavy (non-hydrogen) atoms. The first-order valence-electron chi connectivity index (χ1n) is 23.6. The van der Waals surface area contributed by atoms with Gasteiger partial charge in [0.25, 0.3) is 0 Å². The first kappa shape index (κ1) is 41.1. The lowest BCUT2D eigenvalue weighted by molar-refractivity contribution is 0.628. The van der Waals surface area contributed by atoms with E-state index in [0.29, 0.717) is 0 Å². The third-order valence-corrected chi connectivity index (χ3v) is 13.8. The Morgan fingerprint density at radius 1 is 0.186 bits per heavy atom. The highest BCUT2D eigenvalue weighted by molar-refractivity contribution is 6.33. The van der Waals surface area contributed by atoms with Crippen molar-refractivity contribution in [1.82, 2.24) is 0 Å². The Balaban J connectivity index is 1.14. The summed E-state index contributed by atoms with van der Waals surface area (Å²) in [7, 11) is 0. The van der Waals surface area contributed by atoms with Crippen LogP contribution in [0.3, 0.4) is 0 Å². The lowest BCUT2D eigenvalue weighted by Crippen LogP contribution is -2.09. The standard InChI is InChI=1S/C66H42F2N2/c67-47-17-13-15-43(35-47)45-27-31-55-59(37-45)65-42-64-58-34-30-54(70(51-23-9-3-10-24-51)52-25-11-4-12-26-52)40-62(58)56-32-28-46(44-16-14-18-48(68)36-44)38-60(56)66(64)41-63(65)57-33-29-53(39-61(55)57)69(49-19-5-1-6-20-49)50-21-7-2-8-22-50/h1-42H. The summed E-state index contributed by atoms with van der Waals surface area (Å²) in [5.41, 5.74) is 9.82. The second-order valence-corrected chi connectivity index (χ2v) is 18.0. The molecule has 0 radical (unpaired) electrons. The molecule has 0 spiro atoms. The van der Waals surface area contributed by atoms with Gasteiger partial charge in [0, 0.05) is 34.1 Å². The monoisotopic (exact) mass is 900 g/mol. The molecule has 0 saturated carbocycles. The van der Waals surface area contributed by atoms with Crippen molar-refractivity contribution in [2.75, 3.05) is 9.80 Å². The molecule has 0 N–H and O–H groups in total. The highest BCUT2D eigenvalue weighted by Crippen LogP contribution is 2.47. The Hall–Kier alpha value is -9.12. The van der Waals surface area contributed by atoms with Crippen LogP contribution < -0.4 is 9.80 Å². The first-order valence-corrected chi connectivity index (χ1v) is 23.6. The summed E-state index contributed by atoms with van der Waals surface area (Å²) in [5.74, 6) is -0.543. The van der Waals surface area contributed by atoms with Crippen LogP contribution in [0.5, 0.6) is 0 Å². The second kappa shape index (κ2) is 16.9. The van der Waals surface area contributed by atoms with E-state index in [4.69, 9.17) is 0 Å². The molecular formula is C66H42F2N2. The molecule has 0 aromatic heterocycles. The van der Waals surface area contributed by atoms with Crippen LogP contribution in [0.2, 0.25) is 0 Å². The van der Waals surface area contributed by atoms with Gasteiger partial charge >= 0.3 is 0 Å². The minimum Gasteiger partial charge on any atom is -0.310 e. The summed E-state index contributed by atoms with van der Waals surface area (Å²) in [6.45, 7) is 0. The minimum absolute atomic E-state index is 0.271. The SMILES string of the molecule is Fc1cccc(-c2ccc3c(c2)c2cc4c5ccc(N(c6ccccc6)c6ccccc6)cc5c5ccc(-c6cccc(F)c6)cc5c4cc2c2ccc(N(c4ccccc4)c4ccccc4)cc32)c1. The molecule has 0 fully saturated rings. The molecular weight excluding hydrogens is 859 g/mol. The Bertz CT molecular complexity index is 3790. The van der Waals surface area contributed by atoms with Gasteiger partial charge in [-0.25, -0.2) is 8.78 Å². The van der Waals surface area contributed by atoms with E-state index in [1.165, 1.54) is 12.1 Å². The average molecular weight is 901 g/mol. The molecule has 0 unspecified atom stereocenters. The fraction of sp³-hybridized carbons (Fsp3) is 0. The zero-order valence-corrected chi connectivity index (χ0v) is 37.9. The minimum atomic E-state index is -0.271. The van der Waals surface area contributed by atoms with Crippen molar-refractivity contribution in [2.24, 2.45) is 0 Å². The van der Waals surface area contributed by atoms with Gasteiger partial charge in [0.2, 0.25) is 0 Å². The maximum absolute atomic E-state index is 14.9. The van der Waals surface area contributed by atoms with Gasteiger partial charge in [-0.3, -0.25) is 0 Å². The molecule has 2 nitrogen and oxygen atoms in total. The summed E-state index contributed by atoms with van der Waals surface area (Å²) in [6.07, 6.45) is 0. The van der Waals surface area contributed by atoms with Crippen molar-refractivity contribution in [1.29, 1.82) is 0 Å². The quantitative estimate of drug-likeness (QED) is 0.111. The van der Waals surface area contributed by atoms with Crippen molar-refractivity contribution in [3.63, 3.8) is 0 Å². The van der Waals surface area contributed by atoms with Crippen LogP contribution in [0.1, 0.15) is 0 Å². The maximum atomic E-state index is 14.9. The number of nitrogens with zero attached hydrogens (tertiary/aromatic N) is 2. The maximum Gasteiger partial charge on any atom is 0.123 e. The predicted molar refractivity (Wildman–Crippen MR) is 292 cm³/mol. The Labute approximate surface area is 404 Å². The molecule has 0 bridgehead atoms. The predicted octanol–water partition coefficient (Wildman–Crippen LogP) is 19.2. The van der Waals surface area contributed by atoms with Gasteiger partial charge in [-0.1, -0.05) is 133 Å². The fourth-order valence-electron chi connectivity index (χ4n) is 10.7. The molecule has 0 aliphatic rings. The van der Waals surface area contributed by atoms with Gasteiger partial charge in [0.05, 0.1) is 0 Å². The van der Waals surface area contributed by atoms with Crippen molar-refractivity contribution >= 4 is 98.8 Å². The van der Waals surface area contributed by atoms with Crippen LogP contribution >= 0.6 is 0 Å². The fourth-order valence-corrected chi connectivity index (χ4v) is 10.7. The summed E-state index contributed by atoms with van der Waals surface area (Å²) in [6, 6.07) is 87.1. The van der Waals surface area contributed by atoms with Crippen LogP contribution in [0, 0.1) is 11.6 Å². The third kappa shape index (κ3) is 7.08.